The van der Waals surface area contributed by atoms with Crippen LogP contribution in [0, 0.1) is 4.91 Å². The van der Waals surface area contributed by atoms with Gasteiger partial charge in [-0.15, -0.1) is 0 Å². The second kappa shape index (κ2) is 6.94. The lowest BCUT2D eigenvalue weighted by atomic mass is 9.86. The summed E-state index contributed by atoms with van der Waals surface area (Å²) < 4.78 is 0. The summed E-state index contributed by atoms with van der Waals surface area (Å²) in [5.74, 6) is -0.0322. The third-order valence-corrected chi connectivity index (χ3v) is 4.08. The zero-order valence-electron chi connectivity index (χ0n) is 13.9. The van der Waals surface area contributed by atoms with Crippen LogP contribution in [0.15, 0.2) is 29.4 Å². The van der Waals surface area contributed by atoms with Gasteiger partial charge in [0.25, 0.3) is 0 Å². The highest BCUT2D eigenvalue weighted by Gasteiger charge is 2.25. The topological polar surface area (TPSA) is 49.7 Å². The average Bonchev–Trinajstić information content (AvgIpc) is 2.42. The van der Waals surface area contributed by atoms with Crippen LogP contribution < -0.4 is 0 Å². The third-order valence-electron chi connectivity index (χ3n) is 4.08. The first kappa shape index (κ1) is 17.5. The molecule has 0 saturated heterocycles. The molecule has 0 aliphatic heterocycles. The van der Waals surface area contributed by atoms with Crippen LogP contribution in [0.3, 0.4) is 0 Å². The van der Waals surface area contributed by atoms with Gasteiger partial charge < -0.3 is 0 Å². The molecule has 0 N–H and O–H groups in total. The highest BCUT2D eigenvalue weighted by Crippen LogP contribution is 2.26. The average molecular weight is 290 g/mol. The molecule has 0 spiro atoms. The fraction of sp³-hybridized carbons (Fsp3) is 0.588. The molecule has 0 saturated carbocycles. The van der Waals surface area contributed by atoms with Crippen LogP contribution in [0.4, 0.5) is 0 Å². The van der Waals surface area contributed by atoms with E-state index in [1.807, 2.05) is 18.9 Å². The summed E-state index contributed by atoms with van der Waals surface area (Å²) in [6.45, 7) is 10.1. The van der Waals surface area contributed by atoms with Gasteiger partial charge in [-0.25, -0.2) is 0 Å². The molecule has 0 aromatic heterocycles. The number of nitrogens with zero attached hydrogens (tertiary/aromatic N) is 2. The number of nitroso groups, excluding NO2 is 1. The van der Waals surface area contributed by atoms with E-state index in [1.165, 1.54) is 12.5 Å². The molecular weight excluding hydrogens is 264 g/mol. The zero-order chi connectivity index (χ0) is 16.2. The first-order valence-corrected chi connectivity index (χ1v) is 7.30. The lowest BCUT2D eigenvalue weighted by molar-refractivity contribution is -0.122. The van der Waals surface area contributed by atoms with E-state index in [1.54, 1.807) is 0 Å². The van der Waals surface area contributed by atoms with Crippen LogP contribution in [-0.2, 0) is 10.2 Å². The molecule has 1 rings (SSSR count). The molecule has 2 atom stereocenters. The van der Waals surface area contributed by atoms with Crippen molar-refractivity contribution in [2.75, 3.05) is 13.6 Å². The first-order valence-electron chi connectivity index (χ1n) is 7.30. The van der Waals surface area contributed by atoms with Gasteiger partial charge in [-0.05, 0) is 37.4 Å². The minimum absolute atomic E-state index is 0.00372. The van der Waals surface area contributed by atoms with Crippen molar-refractivity contribution in [3.8, 4) is 0 Å². The number of hydrogen-bond donors (Lipinski definition) is 0. The number of Topliss-reactive ketones (excluding diaryl/α,β-unsaturated/α-hetero) is 1. The maximum Gasteiger partial charge on any atom is 0.148 e. The van der Waals surface area contributed by atoms with Gasteiger partial charge >= 0.3 is 0 Å². The van der Waals surface area contributed by atoms with Crippen molar-refractivity contribution in [1.82, 2.24) is 4.90 Å². The molecule has 0 radical (unpaired) electrons. The molecule has 116 valence electrons. The van der Waals surface area contributed by atoms with Gasteiger partial charge in [-0.3, -0.25) is 9.69 Å². The molecule has 4 nitrogen and oxygen atoms in total. The molecule has 0 bridgehead atoms. The Kier molecular flexibility index (Phi) is 5.78. The van der Waals surface area contributed by atoms with E-state index in [4.69, 9.17) is 0 Å². The normalized spacial score (nSPS) is 14.8. The summed E-state index contributed by atoms with van der Waals surface area (Å²) in [4.78, 5) is 24.1. The number of rotatable bonds is 6. The standard InChI is InChI=1S/C17H26N2O2/c1-12(19(6)16(11-18-21)13(2)20)14-7-9-15(10-8-14)17(3,4)5/h7-10,12,16H,11H2,1-6H3/t12?,16-/m0/s1. The van der Waals surface area contributed by atoms with Crippen molar-refractivity contribution in [2.45, 2.75) is 52.1 Å². The molecule has 0 aliphatic rings. The molecule has 0 heterocycles. The van der Waals surface area contributed by atoms with E-state index in [9.17, 15) is 9.70 Å². The molecule has 1 aromatic carbocycles. The third kappa shape index (κ3) is 4.46. The molecule has 1 unspecified atom stereocenters. The number of ketones is 1. The summed E-state index contributed by atoms with van der Waals surface area (Å²) in [6, 6.07) is 8.02. The van der Waals surface area contributed by atoms with E-state index < -0.39 is 6.04 Å². The molecule has 21 heavy (non-hydrogen) atoms. The van der Waals surface area contributed by atoms with Crippen molar-refractivity contribution < 1.29 is 4.79 Å². The highest BCUT2D eigenvalue weighted by molar-refractivity contribution is 5.81. The molecule has 0 amide bonds. The number of hydrogen-bond acceptors (Lipinski definition) is 4. The largest absolute Gasteiger partial charge is 0.298 e. The van der Waals surface area contributed by atoms with Crippen LogP contribution >= 0.6 is 0 Å². The van der Waals surface area contributed by atoms with Crippen molar-refractivity contribution in [2.24, 2.45) is 5.18 Å². The number of likely N-dealkylation sites (N-methyl/N-ethyl adjacent to an activating group) is 1. The van der Waals surface area contributed by atoms with Gasteiger partial charge in [0.15, 0.2) is 0 Å². The minimum atomic E-state index is -0.459. The van der Waals surface area contributed by atoms with Gasteiger partial charge in [-0.1, -0.05) is 50.2 Å². The lowest BCUT2D eigenvalue weighted by Gasteiger charge is -2.31. The van der Waals surface area contributed by atoms with Gasteiger partial charge in [0.1, 0.15) is 12.3 Å². The molecule has 4 heteroatoms. The Bertz CT molecular complexity index is 489. The Morgan fingerprint density at radius 3 is 2.14 bits per heavy atom. The van der Waals surface area contributed by atoms with Crippen LogP contribution in [0.1, 0.15) is 51.8 Å². The molecule has 1 aromatic rings. The van der Waals surface area contributed by atoms with E-state index in [0.29, 0.717) is 0 Å². The van der Waals surface area contributed by atoms with Gasteiger partial charge in [0.05, 0.1) is 6.04 Å². The van der Waals surface area contributed by atoms with Crippen LogP contribution in [0.25, 0.3) is 0 Å². The second-order valence-corrected chi connectivity index (χ2v) is 6.65. The van der Waals surface area contributed by atoms with E-state index in [2.05, 4.69) is 50.2 Å². The van der Waals surface area contributed by atoms with E-state index in [-0.39, 0.29) is 23.8 Å². The second-order valence-electron chi connectivity index (χ2n) is 6.65. The quantitative estimate of drug-likeness (QED) is 0.751. The maximum absolute atomic E-state index is 11.7. The van der Waals surface area contributed by atoms with Crippen molar-refractivity contribution in [3.05, 3.63) is 40.3 Å². The molecule has 0 aliphatic carbocycles. The predicted octanol–water partition coefficient (Wildman–Crippen LogP) is 3.70. The first-order chi connectivity index (χ1) is 9.68. The van der Waals surface area contributed by atoms with E-state index in [0.717, 1.165) is 5.56 Å². The SMILES string of the molecule is CC(=O)[C@H](CN=O)N(C)C(C)c1ccc(C(C)(C)C)cc1. The van der Waals surface area contributed by atoms with Crippen molar-refractivity contribution >= 4 is 5.78 Å². The van der Waals surface area contributed by atoms with Gasteiger partial charge in [-0.2, -0.15) is 4.91 Å². The smallest absolute Gasteiger partial charge is 0.148 e. The summed E-state index contributed by atoms with van der Waals surface area (Å²) >= 11 is 0. The zero-order valence-corrected chi connectivity index (χ0v) is 13.9. The number of carbonyl (C=O) groups excluding carboxylic acids is 1. The lowest BCUT2D eigenvalue weighted by Crippen LogP contribution is -2.41. The van der Waals surface area contributed by atoms with Crippen LogP contribution in [0.2, 0.25) is 0 Å². The van der Waals surface area contributed by atoms with E-state index >= 15 is 0 Å². The monoisotopic (exact) mass is 290 g/mol. The summed E-state index contributed by atoms with van der Waals surface area (Å²) in [5, 5.41) is 2.89. The summed E-state index contributed by atoms with van der Waals surface area (Å²) in [7, 11) is 1.86. The molecule has 0 fully saturated rings. The number of benzene rings is 1. The van der Waals surface area contributed by atoms with Crippen LogP contribution in [0.5, 0.6) is 0 Å². The highest BCUT2D eigenvalue weighted by atomic mass is 16.3. The van der Waals surface area contributed by atoms with Gasteiger partial charge in [0.2, 0.25) is 0 Å². The minimum Gasteiger partial charge on any atom is -0.298 e. The number of carbonyl (C=O) groups is 1. The predicted molar refractivity (Wildman–Crippen MR) is 86.5 cm³/mol. The Balaban J connectivity index is 2.94. The summed E-state index contributed by atoms with van der Waals surface area (Å²) in [6.07, 6.45) is 0. The van der Waals surface area contributed by atoms with Crippen LogP contribution in [-0.4, -0.2) is 30.3 Å². The van der Waals surface area contributed by atoms with Crippen molar-refractivity contribution in [1.29, 1.82) is 0 Å². The Morgan fingerprint density at radius 1 is 1.24 bits per heavy atom. The van der Waals surface area contributed by atoms with Crippen molar-refractivity contribution in [3.63, 3.8) is 0 Å². The Labute approximate surface area is 127 Å². The maximum atomic E-state index is 11.7. The Hall–Kier alpha value is -1.55. The fourth-order valence-corrected chi connectivity index (χ4v) is 2.38. The summed E-state index contributed by atoms with van der Waals surface area (Å²) in [5.41, 5.74) is 2.53. The van der Waals surface area contributed by atoms with Gasteiger partial charge in [0, 0.05) is 6.04 Å². The Morgan fingerprint density at radius 2 is 1.76 bits per heavy atom. The molecular formula is C17H26N2O2. The fourth-order valence-electron chi connectivity index (χ4n) is 2.38.